The fraction of sp³-hybridized carbons (Fsp3) is 1.00. The molecule has 0 amide bonds. The molecule has 0 aromatic carbocycles. The van der Waals surface area contributed by atoms with Gasteiger partial charge in [0.25, 0.3) is 0 Å². The van der Waals surface area contributed by atoms with Gasteiger partial charge in [0.15, 0.2) is 0 Å². The van der Waals surface area contributed by atoms with Crippen molar-refractivity contribution in [2.45, 2.75) is 72.5 Å². The Hall–Kier alpha value is 0.394. The van der Waals surface area contributed by atoms with Gasteiger partial charge in [-0.1, -0.05) is 60.1 Å². The highest BCUT2D eigenvalue weighted by molar-refractivity contribution is 6.89. The summed E-state index contributed by atoms with van der Waals surface area (Å²) in [7, 11) is -2.31. The minimum atomic E-state index is -1.16. The largest absolute Gasteiger partial charge is 0.343 e. The Morgan fingerprint density at radius 1 is 0.800 bits per heavy atom. The average molecular weight is 246 g/mol. The summed E-state index contributed by atoms with van der Waals surface area (Å²) in [5, 5.41) is 0. The molecule has 0 radical (unpaired) electrons. The van der Waals surface area contributed by atoms with E-state index in [9.17, 15) is 0 Å². The lowest BCUT2D eigenvalue weighted by Gasteiger charge is -2.48. The summed E-state index contributed by atoms with van der Waals surface area (Å²) in [5.74, 6) is 0.815. The first kappa shape index (κ1) is 15.4. The van der Waals surface area contributed by atoms with Crippen LogP contribution >= 0.6 is 0 Å². The topological polar surface area (TPSA) is 3.24 Å². The van der Waals surface area contributed by atoms with Crippen LogP contribution in [0, 0.1) is 5.92 Å². The summed E-state index contributed by atoms with van der Waals surface area (Å²) in [6.45, 7) is 22.0. The van der Waals surface area contributed by atoms with Crippen LogP contribution in [0.5, 0.6) is 0 Å². The van der Waals surface area contributed by atoms with E-state index in [2.05, 4.69) is 64.3 Å². The third kappa shape index (κ3) is 5.32. The molecule has 1 unspecified atom stereocenters. The Kier molecular flexibility index (Phi) is 5.28. The van der Waals surface area contributed by atoms with E-state index in [4.69, 9.17) is 0 Å². The monoisotopic (exact) mass is 245 g/mol. The second-order valence-electron chi connectivity index (χ2n) is 7.19. The molecule has 3 heteroatoms. The van der Waals surface area contributed by atoms with Crippen LogP contribution in [0.25, 0.3) is 0 Å². The van der Waals surface area contributed by atoms with E-state index < -0.39 is 16.5 Å². The molecule has 0 heterocycles. The zero-order chi connectivity index (χ0) is 12.4. The van der Waals surface area contributed by atoms with Gasteiger partial charge < -0.3 is 4.23 Å². The van der Waals surface area contributed by atoms with Crippen LogP contribution < -0.4 is 0 Å². The van der Waals surface area contributed by atoms with Crippen LogP contribution in [0.4, 0.5) is 0 Å². The number of rotatable bonds is 5. The third-order valence-corrected chi connectivity index (χ3v) is 10.5. The second-order valence-corrected chi connectivity index (χ2v) is 17.3. The van der Waals surface area contributed by atoms with Crippen LogP contribution in [-0.4, -0.2) is 26.7 Å². The maximum absolute atomic E-state index is 2.92. The molecule has 0 saturated heterocycles. The molecule has 0 saturated carbocycles. The van der Waals surface area contributed by atoms with Crippen LogP contribution in [0.15, 0.2) is 0 Å². The van der Waals surface area contributed by atoms with Crippen LogP contribution in [0.3, 0.4) is 0 Å². The number of hydrogen-bond donors (Lipinski definition) is 0. The molecule has 0 bridgehead atoms. The third-order valence-electron chi connectivity index (χ3n) is 2.70. The van der Waals surface area contributed by atoms with Crippen molar-refractivity contribution in [1.29, 1.82) is 0 Å². The SMILES string of the molecule is CC(C)CC(C)N([Si](C)(C)C)[Si](C)(C)C. The zero-order valence-electron chi connectivity index (χ0n) is 12.3. The van der Waals surface area contributed by atoms with Gasteiger partial charge in [-0.2, -0.15) is 0 Å². The maximum atomic E-state index is 2.92. The molecule has 0 aliphatic heterocycles. The van der Waals surface area contributed by atoms with Crippen molar-refractivity contribution in [2.75, 3.05) is 0 Å². The van der Waals surface area contributed by atoms with Crippen LogP contribution in [-0.2, 0) is 0 Å². The first-order valence-corrected chi connectivity index (χ1v) is 13.1. The van der Waals surface area contributed by atoms with E-state index in [1.807, 2.05) is 0 Å². The van der Waals surface area contributed by atoms with Crippen LogP contribution in [0.1, 0.15) is 27.2 Å². The van der Waals surface area contributed by atoms with E-state index in [-0.39, 0.29) is 0 Å². The van der Waals surface area contributed by atoms with E-state index >= 15 is 0 Å². The van der Waals surface area contributed by atoms with Crippen molar-refractivity contribution in [3.63, 3.8) is 0 Å². The smallest absolute Gasteiger partial charge is 0.112 e. The Balaban J connectivity index is 4.81. The maximum Gasteiger partial charge on any atom is 0.112 e. The Labute approximate surface area is 99.4 Å². The molecule has 0 aromatic heterocycles. The minimum Gasteiger partial charge on any atom is -0.343 e. The average Bonchev–Trinajstić information content (AvgIpc) is 1.74. The molecule has 0 N–H and O–H groups in total. The van der Waals surface area contributed by atoms with Crippen molar-refractivity contribution >= 4 is 16.5 Å². The fourth-order valence-electron chi connectivity index (χ4n) is 3.12. The minimum absolute atomic E-state index is 0.767. The highest BCUT2D eigenvalue weighted by atomic mass is 28.4. The summed E-state index contributed by atoms with van der Waals surface area (Å²) < 4.78 is 2.92. The van der Waals surface area contributed by atoms with Gasteiger partial charge in [0, 0.05) is 0 Å². The van der Waals surface area contributed by atoms with Crippen molar-refractivity contribution in [2.24, 2.45) is 5.92 Å². The van der Waals surface area contributed by atoms with Crippen molar-refractivity contribution in [3.05, 3.63) is 0 Å². The fourth-order valence-corrected chi connectivity index (χ4v) is 14.0. The zero-order valence-corrected chi connectivity index (χ0v) is 14.3. The van der Waals surface area contributed by atoms with Gasteiger partial charge in [-0.3, -0.25) is 0 Å². The molecule has 0 rings (SSSR count). The quantitative estimate of drug-likeness (QED) is 0.649. The van der Waals surface area contributed by atoms with E-state index in [0.717, 1.165) is 12.0 Å². The normalized spacial score (nSPS) is 16.2. The molecule has 0 fully saturated rings. The van der Waals surface area contributed by atoms with E-state index in [1.54, 1.807) is 0 Å². The summed E-state index contributed by atoms with van der Waals surface area (Å²) in [4.78, 5) is 0. The van der Waals surface area contributed by atoms with Gasteiger partial charge in [-0.25, -0.2) is 0 Å². The van der Waals surface area contributed by atoms with E-state index in [1.165, 1.54) is 6.42 Å². The van der Waals surface area contributed by atoms with Gasteiger partial charge >= 0.3 is 0 Å². The lowest BCUT2D eigenvalue weighted by Crippen LogP contribution is -2.62. The van der Waals surface area contributed by atoms with Crippen LogP contribution in [0.2, 0.25) is 39.3 Å². The number of hydrogen-bond acceptors (Lipinski definition) is 1. The first-order chi connectivity index (χ1) is 6.46. The second kappa shape index (κ2) is 5.15. The van der Waals surface area contributed by atoms with Crippen molar-refractivity contribution in [1.82, 2.24) is 4.23 Å². The molecule has 92 valence electrons. The molecule has 0 aliphatic rings. The summed E-state index contributed by atoms with van der Waals surface area (Å²) in [6.07, 6.45) is 1.34. The molecule has 1 atom stereocenters. The predicted molar refractivity (Wildman–Crippen MR) is 77.4 cm³/mol. The molecular weight excluding hydrogens is 214 g/mol. The van der Waals surface area contributed by atoms with Gasteiger partial charge in [0.1, 0.15) is 16.5 Å². The number of nitrogens with zero attached hydrogens (tertiary/aromatic N) is 1. The Bertz CT molecular complexity index is 175. The highest BCUT2D eigenvalue weighted by Gasteiger charge is 2.37. The molecule has 0 aliphatic carbocycles. The Morgan fingerprint density at radius 3 is 1.33 bits per heavy atom. The molecule has 0 spiro atoms. The van der Waals surface area contributed by atoms with Gasteiger partial charge in [-0.05, 0) is 18.4 Å². The van der Waals surface area contributed by atoms with Gasteiger partial charge in [0.05, 0.1) is 0 Å². The summed E-state index contributed by atoms with van der Waals surface area (Å²) >= 11 is 0. The first-order valence-electron chi connectivity index (χ1n) is 6.25. The van der Waals surface area contributed by atoms with E-state index in [0.29, 0.717) is 0 Å². The lowest BCUT2D eigenvalue weighted by atomic mass is 10.1. The molecule has 15 heavy (non-hydrogen) atoms. The Morgan fingerprint density at radius 2 is 1.13 bits per heavy atom. The molecular formula is C12H31NSi2. The molecule has 0 aromatic rings. The van der Waals surface area contributed by atoms with Gasteiger partial charge in [-0.15, -0.1) is 0 Å². The molecule has 1 nitrogen and oxygen atoms in total. The van der Waals surface area contributed by atoms with Crippen molar-refractivity contribution in [3.8, 4) is 0 Å². The lowest BCUT2D eigenvalue weighted by molar-refractivity contribution is 0.389. The van der Waals surface area contributed by atoms with Crippen molar-refractivity contribution < 1.29 is 0 Å². The standard InChI is InChI=1S/C12H31NSi2/c1-11(2)10-12(3)13(14(4,5)6)15(7,8)9/h11-12H,10H2,1-9H3. The summed E-state index contributed by atoms with van der Waals surface area (Å²) in [5.41, 5.74) is 0. The summed E-state index contributed by atoms with van der Waals surface area (Å²) in [6, 6.07) is 0.767. The van der Waals surface area contributed by atoms with Gasteiger partial charge in [0.2, 0.25) is 0 Å². The highest BCUT2D eigenvalue weighted by Crippen LogP contribution is 2.25. The predicted octanol–water partition coefficient (Wildman–Crippen LogP) is 4.39.